The number of benzene rings is 2. The van der Waals surface area contributed by atoms with Crippen LogP contribution in [0.4, 0.5) is 22.8 Å². The highest BCUT2D eigenvalue weighted by atomic mass is 19.4. The number of carbonyl (C=O) groups excluding carboxylic acids is 3. The molecule has 0 atom stereocenters. The van der Waals surface area contributed by atoms with Crippen LogP contribution in [0.25, 0.3) is 22.0 Å². The lowest BCUT2D eigenvalue weighted by molar-refractivity contribution is -0.274. The van der Waals surface area contributed by atoms with E-state index in [0.29, 0.717) is 53.4 Å². The summed E-state index contributed by atoms with van der Waals surface area (Å²) < 4.78 is 56.0. The van der Waals surface area contributed by atoms with E-state index in [2.05, 4.69) is 10.1 Å². The van der Waals surface area contributed by atoms with E-state index in [1.165, 1.54) is 30.1 Å². The number of halogens is 3. The molecule has 1 heterocycles. The Labute approximate surface area is 248 Å². The molecule has 0 saturated carbocycles. The third kappa shape index (κ3) is 9.93. The largest absolute Gasteiger partial charge is 0.573 e. The van der Waals surface area contributed by atoms with Crippen LogP contribution in [0, 0.1) is 0 Å². The number of aryl methyl sites for hydroxylation is 1. The molecule has 0 aliphatic carbocycles. The third-order valence-corrected chi connectivity index (χ3v) is 6.00. The molecule has 2 amide bonds. The van der Waals surface area contributed by atoms with Crippen LogP contribution in [0.15, 0.2) is 42.6 Å². The van der Waals surface area contributed by atoms with Gasteiger partial charge in [-0.3, -0.25) is 4.79 Å². The molecule has 0 fully saturated rings. The summed E-state index contributed by atoms with van der Waals surface area (Å²) in [4.78, 5) is 37.6. The second-order valence-electron chi connectivity index (χ2n) is 12.1. The fourth-order valence-electron chi connectivity index (χ4n) is 4.36. The van der Waals surface area contributed by atoms with Gasteiger partial charge in [0.2, 0.25) is 0 Å². The van der Waals surface area contributed by atoms with Gasteiger partial charge in [-0.2, -0.15) is 0 Å². The summed E-state index contributed by atoms with van der Waals surface area (Å²) in [5.74, 6) is -0.436. The van der Waals surface area contributed by atoms with Gasteiger partial charge in [0.15, 0.2) is 0 Å². The van der Waals surface area contributed by atoms with Crippen molar-refractivity contribution in [2.24, 2.45) is 0 Å². The van der Waals surface area contributed by atoms with Gasteiger partial charge >= 0.3 is 18.5 Å². The molecule has 0 unspecified atom stereocenters. The summed E-state index contributed by atoms with van der Waals surface area (Å²) in [5.41, 5.74) is 1.36. The first-order valence-electron chi connectivity index (χ1n) is 13.7. The maximum absolute atomic E-state index is 13.1. The first kappa shape index (κ1) is 33.3. The fourth-order valence-corrected chi connectivity index (χ4v) is 4.36. The normalized spacial score (nSPS) is 12.1. The third-order valence-electron chi connectivity index (χ3n) is 6.00. The van der Waals surface area contributed by atoms with Crippen LogP contribution in [0.3, 0.4) is 0 Å². The molecule has 12 heteroatoms. The van der Waals surface area contributed by atoms with E-state index in [0.717, 1.165) is 5.52 Å². The number of aldehydes is 1. The lowest BCUT2D eigenvalue weighted by Gasteiger charge is -2.25. The number of alkyl carbamates (subject to hydrolysis) is 1. The van der Waals surface area contributed by atoms with Gasteiger partial charge in [0.05, 0.1) is 0 Å². The van der Waals surface area contributed by atoms with Crippen molar-refractivity contribution in [3.63, 3.8) is 0 Å². The van der Waals surface area contributed by atoms with Crippen LogP contribution in [-0.4, -0.2) is 59.1 Å². The van der Waals surface area contributed by atoms with E-state index >= 15 is 0 Å². The molecular formula is C31H38F3N3O6. The van der Waals surface area contributed by atoms with Gasteiger partial charge in [0.1, 0.15) is 23.2 Å². The number of hydrogen-bond acceptors (Lipinski definition) is 6. The van der Waals surface area contributed by atoms with Gasteiger partial charge in [0.25, 0.3) is 0 Å². The predicted molar refractivity (Wildman–Crippen MR) is 156 cm³/mol. The zero-order valence-electron chi connectivity index (χ0n) is 25.4. The average Bonchev–Trinajstić information content (AvgIpc) is 3.21. The summed E-state index contributed by atoms with van der Waals surface area (Å²) >= 11 is 0. The number of alkyl halides is 3. The van der Waals surface area contributed by atoms with Crippen LogP contribution in [0.1, 0.15) is 63.9 Å². The molecule has 1 aromatic heterocycles. The maximum Gasteiger partial charge on any atom is 0.573 e. The maximum atomic E-state index is 13.1. The second kappa shape index (κ2) is 13.0. The lowest BCUT2D eigenvalue weighted by Crippen LogP contribution is -2.34. The number of nitrogens with zero attached hydrogens (tertiary/aromatic N) is 2. The minimum atomic E-state index is -4.90. The molecule has 3 aromatic rings. The van der Waals surface area contributed by atoms with E-state index in [1.807, 2.05) is 10.8 Å². The molecule has 0 aliphatic rings. The van der Waals surface area contributed by atoms with Gasteiger partial charge in [-0.1, -0.05) is 6.07 Å². The van der Waals surface area contributed by atoms with Crippen molar-refractivity contribution in [2.75, 3.05) is 13.6 Å². The minimum absolute atomic E-state index is 0.0842. The molecule has 0 bridgehead atoms. The Morgan fingerprint density at radius 1 is 0.953 bits per heavy atom. The van der Waals surface area contributed by atoms with Crippen molar-refractivity contribution < 1.29 is 41.8 Å². The van der Waals surface area contributed by atoms with E-state index in [-0.39, 0.29) is 6.54 Å². The zero-order chi connectivity index (χ0) is 32.2. The summed E-state index contributed by atoms with van der Waals surface area (Å²) in [6.07, 6.45) is -2.99. The van der Waals surface area contributed by atoms with Crippen LogP contribution in [-0.2, 0) is 22.6 Å². The number of hydrogen-bond donors (Lipinski definition) is 1. The van der Waals surface area contributed by atoms with Crippen LogP contribution in [0.2, 0.25) is 0 Å². The lowest BCUT2D eigenvalue weighted by atomic mass is 9.97. The quantitative estimate of drug-likeness (QED) is 0.203. The monoisotopic (exact) mass is 605 g/mol. The molecular weight excluding hydrogens is 567 g/mol. The van der Waals surface area contributed by atoms with Gasteiger partial charge in [-0.25, -0.2) is 9.59 Å². The van der Waals surface area contributed by atoms with Gasteiger partial charge < -0.3 is 29.0 Å². The number of carbonyl (C=O) groups is 3. The summed E-state index contributed by atoms with van der Waals surface area (Å²) in [6, 6.07) is 9.10. The Bertz CT molecular complexity index is 1470. The number of fused-ring (bicyclic) bond motifs is 1. The van der Waals surface area contributed by atoms with Crippen molar-refractivity contribution >= 4 is 29.4 Å². The van der Waals surface area contributed by atoms with Crippen LogP contribution >= 0.6 is 0 Å². The van der Waals surface area contributed by atoms with E-state index in [1.54, 1.807) is 59.7 Å². The highest BCUT2D eigenvalue weighted by Gasteiger charge is 2.31. The first-order chi connectivity index (χ1) is 19.8. The van der Waals surface area contributed by atoms with Crippen LogP contribution < -0.4 is 10.1 Å². The summed E-state index contributed by atoms with van der Waals surface area (Å²) in [7, 11) is 1.49. The van der Waals surface area contributed by atoms with Crippen molar-refractivity contribution in [3.8, 4) is 16.9 Å². The SMILES string of the molecule is CN(Cc1cc(OC(F)(F)F)ccc1-c1cn(CCCNC(=O)OC(C)(C)C)c2ccc(C=O)cc12)C(=O)OC(C)(C)C. The van der Waals surface area contributed by atoms with Gasteiger partial charge in [-0.15, -0.1) is 13.2 Å². The van der Waals surface area contributed by atoms with Crippen LogP contribution in [0.5, 0.6) is 5.75 Å². The summed E-state index contributed by atoms with van der Waals surface area (Å²) in [5, 5.41) is 3.41. The highest BCUT2D eigenvalue weighted by molar-refractivity contribution is 5.99. The van der Waals surface area contributed by atoms with E-state index in [9.17, 15) is 27.6 Å². The van der Waals surface area contributed by atoms with Crippen molar-refractivity contribution in [1.82, 2.24) is 14.8 Å². The standard InChI is InChI=1S/C31H38F3N3O6/c1-29(2,3)42-27(39)35-13-8-14-37-18-25(24-15-20(19-38)9-12-26(24)37)23-11-10-22(41-31(32,33)34)16-21(23)17-36(7)28(40)43-30(4,5)6/h9-12,15-16,18-19H,8,13-14,17H2,1-7H3,(H,35,39). The second-order valence-corrected chi connectivity index (χ2v) is 12.1. The molecule has 9 nitrogen and oxygen atoms in total. The van der Waals surface area contributed by atoms with E-state index < -0.39 is 35.5 Å². The van der Waals surface area contributed by atoms with Crippen molar-refractivity contribution in [3.05, 3.63) is 53.7 Å². The average molecular weight is 606 g/mol. The Kier molecular flexibility index (Phi) is 10.0. The molecule has 0 spiro atoms. The van der Waals surface area contributed by atoms with Gasteiger partial charge in [0, 0.05) is 54.9 Å². The number of rotatable bonds is 9. The Balaban J connectivity index is 2.00. The number of nitrogens with one attached hydrogen (secondary N) is 1. The topological polar surface area (TPSA) is 99.1 Å². The Morgan fingerprint density at radius 2 is 1.63 bits per heavy atom. The Morgan fingerprint density at radius 3 is 2.23 bits per heavy atom. The molecule has 234 valence electrons. The molecule has 43 heavy (non-hydrogen) atoms. The molecule has 0 saturated heterocycles. The summed E-state index contributed by atoms with van der Waals surface area (Å²) in [6.45, 7) is 11.2. The number of ether oxygens (including phenoxy) is 3. The fraction of sp³-hybridized carbons (Fsp3) is 0.452. The number of amides is 2. The Hall–Kier alpha value is -4.22. The number of aromatic nitrogens is 1. The van der Waals surface area contributed by atoms with Crippen molar-refractivity contribution in [1.29, 1.82) is 0 Å². The van der Waals surface area contributed by atoms with Crippen molar-refractivity contribution in [2.45, 2.75) is 78.6 Å². The minimum Gasteiger partial charge on any atom is -0.444 e. The first-order valence-corrected chi connectivity index (χ1v) is 13.7. The smallest absolute Gasteiger partial charge is 0.444 e. The molecule has 2 aromatic carbocycles. The van der Waals surface area contributed by atoms with Gasteiger partial charge in [-0.05, 0) is 89.4 Å². The van der Waals surface area contributed by atoms with E-state index in [4.69, 9.17) is 9.47 Å². The zero-order valence-corrected chi connectivity index (χ0v) is 25.4. The molecule has 1 N–H and O–H groups in total. The predicted octanol–water partition coefficient (Wildman–Crippen LogP) is 7.30. The molecule has 3 rings (SSSR count). The molecule has 0 radical (unpaired) electrons. The highest BCUT2D eigenvalue weighted by Crippen LogP contribution is 2.37. The molecule has 0 aliphatic heterocycles.